The van der Waals surface area contributed by atoms with Crippen LogP contribution in [0.2, 0.25) is 0 Å². The first-order valence-corrected chi connectivity index (χ1v) is 8.42. The van der Waals surface area contributed by atoms with E-state index in [1.54, 1.807) is 18.3 Å². The average molecular weight is 336 g/mol. The lowest BCUT2D eigenvalue weighted by Crippen LogP contribution is -2.32. The summed E-state index contributed by atoms with van der Waals surface area (Å²) in [6.45, 7) is 1.32. The van der Waals surface area contributed by atoms with Crippen molar-refractivity contribution in [2.45, 2.75) is 24.2 Å². The van der Waals surface area contributed by atoms with Crippen LogP contribution in [0.1, 0.15) is 12.8 Å². The van der Waals surface area contributed by atoms with Crippen LogP contribution in [0, 0.1) is 5.82 Å². The average Bonchev–Trinajstić information content (AvgIpc) is 3.23. The molecule has 1 aliphatic heterocycles. The first-order chi connectivity index (χ1) is 11.2. The first kappa shape index (κ1) is 16.0. The van der Waals surface area contributed by atoms with Crippen molar-refractivity contribution >= 4 is 17.7 Å². The number of thioether (sulfide) groups is 1. The number of benzene rings is 1. The van der Waals surface area contributed by atoms with Gasteiger partial charge in [-0.05, 0) is 37.1 Å². The summed E-state index contributed by atoms with van der Waals surface area (Å²) in [7, 11) is 0. The maximum Gasteiger partial charge on any atom is 0.256 e. The van der Waals surface area contributed by atoms with Gasteiger partial charge in [-0.3, -0.25) is 4.79 Å². The molecule has 122 valence electrons. The number of halogens is 1. The van der Waals surface area contributed by atoms with Gasteiger partial charge in [0.15, 0.2) is 5.76 Å². The van der Waals surface area contributed by atoms with Crippen LogP contribution in [0.15, 0.2) is 40.1 Å². The quantitative estimate of drug-likeness (QED) is 0.822. The van der Waals surface area contributed by atoms with E-state index in [1.165, 1.54) is 23.9 Å². The summed E-state index contributed by atoms with van der Waals surface area (Å²) in [4.78, 5) is 15.9. The summed E-state index contributed by atoms with van der Waals surface area (Å²) in [5.41, 5.74) is 0.744. The number of nitrogens with zero attached hydrogens (tertiary/aromatic N) is 1. The Kier molecular flexibility index (Phi) is 5.30. The number of rotatable bonds is 6. The van der Waals surface area contributed by atoms with E-state index >= 15 is 0 Å². The van der Waals surface area contributed by atoms with Gasteiger partial charge in [0.1, 0.15) is 5.82 Å². The number of amides is 1. The predicted octanol–water partition coefficient (Wildman–Crippen LogP) is 2.87. The molecule has 23 heavy (non-hydrogen) atoms. The standard InChI is InChI=1S/C16H17FN2O3S/c17-12-5-3-11(4-6-12)14-9-19-16(22-14)23-10-15(20)18-8-13-2-1-7-21-13/h3-6,9,13H,1-2,7-8,10H2,(H,18,20). The molecule has 1 fully saturated rings. The molecule has 1 unspecified atom stereocenters. The minimum Gasteiger partial charge on any atom is -0.431 e. The normalized spacial score (nSPS) is 17.3. The van der Waals surface area contributed by atoms with E-state index in [1.807, 2.05) is 0 Å². The Hall–Kier alpha value is -1.86. The van der Waals surface area contributed by atoms with Crippen molar-refractivity contribution in [2.75, 3.05) is 18.9 Å². The fourth-order valence-electron chi connectivity index (χ4n) is 2.28. The van der Waals surface area contributed by atoms with E-state index in [-0.39, 0.29) is 23.6 Å². The third-order valence-electron chi connectivity index (χ3n) is 3.49. The van der Waals surface area contributed by atoms with Gasteiger partial charge in [0.05, 0.1) is 18.1 Å². The Bertz CT molecular complexity index is 654. The molecular formula is C16H17FN2O3S. The Morgan fingerprint density at radius 3 is 2.96 bits per heavy atom. The molecule has 1 amide bonds. The third-order valence-corrected chi connectivity index (χ3v) is 4.33. The van der Waals surface area contributed by atoms with Crippen LogP contribution in [-0.2, 0) is 9.53 Å². The maximum atomic E-state index is 12.9. The van der Waals surface area contributed by atoms with Gasteiger partial charge in [-0.1, -0.05) is 11.8 Å². The second-order valence-corrected chi connectivity index (χ2v) is 6.15. The van der Waals surface area contributed by atoms with E-state index in [2.05, 4.69) is 10.3 Å². The number of aromatic nitrogens is 1. The second-order valence-electron chi connectivity index (χ2n) is 5.23. The van der Waals surface area contributed by atoms with Crippen LogP contribution < -0.4 is 5.32 Å². The summed E-state index contributed by atoms with van der Waals surface area (Å²) in [6.07, 6.45) is 3.75. The molecule has 3 rings (SSSR count). The smallest absolute Gasteiger partial charge is 0.256 e. The predicted molar refractivity (Wildman–Crippen MR) is 84.6 cm³/mol. The molecule has 1 atom stereocenters. The lowest BCUT2D eigenvalue weighted by Gasteiger charge is -2.09. The van der Waals surface area contributed by atoms with Crippen LogP contribution in [0.25, 0.3) is 11.3 Å². The SMILES string of the molecule is O=C(CSc1ncc(-c2ccc(F)cc2)o1)NCC1CCCO1. The van der Waals surface area contributed by atoms with Crippen molar-refractivity contribution in [3.8, 4) is 11.3 Å². The van der Waals surface area contributed by atoms with Crippen molar-refractivity contribution in [2.24, 2.45) is 0 Å². The highest BCUT2D eigenvalue weighted by Crippen LogP contribution is 2.25. The number of hydrogen-bond donors (Lipinski definition) is 1. The van der Waals surface area contributed by atoms with E-state index < -0.39 is 0 Å². The topological polar surface area (TPSA) is 64.4 Å². The molecule has 0 aliphatic carbocycles. The molecule has 0 bridgehead atoms. The summed E-state index contributed by atoms with van der Waals surface area (Å²) in [5.74, 6) is 0.404. The van der Waals surface area contributed by atoms with Gasteiger partial charge in [0.25, 0.3) is 5.22 Å². The van der Waals surface area contributed by atoms with Crippen LogP contribution in [-0.4, -0.2) is 35.9 Å². The lowest BCUT2D eigenvalue weighted by molar-refractivity contribution is -0.119. The molecule has 1 aromatic heterocycles. The zero-order valence-corrected chi connectivity index (χ0v) is 13.3. The van der Waals surface area contributed by atoms with E-state index in [4.69, 9.17) is 9.15 Å². The van der Waals surface area contributed by atoms with Crippen molar-refractivity contribution in [1.29, 1.82) is 0 Å². The zero-order valence-electron chi connectivity index (χ0n) is 12.5. The Morgan fingerprint density at radius 1 is 1.39 bits per heavy atom. The molecular weight excluding hydrogens is 319 g/mol. The van der Waals surface area contributed by atoms with Gasteiger partial charge < -0.3 is 14.5 Å². The zero-order chi connectivity index (χ0) is 16.1. The fraction of sp³-hybridized carbons (Fsp3) is 0.375. The summed E-state index contributed by atoms with van der Waals surface area (Å²) in [5, 5.41) is 3.26. The van der Waals surface area contributed by atoms with Crippen molar-refractivity contribution < 1.29 is 18.3 Å². The molecule has 1 N–H and O–H groups in total. The van der Waals surface area contributed by atoms with Crippen molar-refractivity contribution in [3.05, 3.63) is 36.3 Å². The molecule has 2 aromatic rings. The highest BCUT2D eigenvalue weighted by atomic mass is 32.2. The van der Waals surface area contributed by atoms with Crippen molar-refractivity contribution in [3.63, 3.8) is 0 Å². The third kappa shape index (κ3) is 4.56. The highest BCUT2D eigenvalue weighted by molar-refractivity contribution is 7.99. The van der Waals surface area contributed by atoms with E-state index in [9.17, 15) is 9.18 Å². The molecule has 0 saturated carbocycles. The van der Waals surface area contributed by atoms with E-state index in [0.29, 0.717) is 17.5 Å². The second kappa shape index (κ2) is 7.61. The van der Waals surface area contributed by atoms with Gasteiger partial charge in [-0.25, -0.2) is 9.37 Å². The summed E-state index contributed by atoms with van der Waals surface area (Å²) < 4.78 is 23.9. The number of ether oxygens (including phenoxy) is 1. The summed E-state index contributed by atoms with van der Waals surface area (Å²) >= 11 is 1.22. The van der Waals surface area contributed by atoms with Gasteiger partial charge in [0.2, 0.25) is 5.91 Å². The van der Waals surface area contributed by atoms with Gasteiger partial charge >= 0.3 is 0 Å². The van der Waals surface area contributed by atoms with E-state index in [0.717, 1.165) is 25.0 Å². The first-order valence-electron chi connectivity index (χ1n) is 7.43. The minimum atomic E-state index is -0.300. The van der Waals surface area contributed by atoms with Crippen LogP contribution in [0.5, 0.6) is 0 Å². The summed E-state index contributed by atoms with van der Waals surface area (Å²) in [6, 6.07) is 5.98. The molecule has 2 heterocycles. The largest absolute Gasteiger partial charge is 0.431 e. The Balaban J connectivity index is 1.47. The molecule has 1 saturated heterocycles. The Morgan fingerprint density at radius 2 is 2.22 bits per heavy atom. The molecule has 0 spiro atoms. The number of carbonyl (C=O) groups excluding carboxylic acids is 1. The number of carbonyl (C=O) groups is 1. The van der Waals surface area contributed by atoms with Gasteiger partial charge in [-0.2, -0.15) is 0 Å². The number of oxazole rings is 1. The molecule has 0 radical (unpaired) electrons. The maximum absolute atomic E-state index is 12.9. The van der Waals surface area contributed by atoms with Gasteiger partial charge in [0, 0.05) is 18.7 Å². The molecule has 7 heteroatoms. The van der Waals surface area contributed by atoms with Crippen LogP contribution in [0.3, 0.4) is 0 Å². The number of hydrogen-bond acceptors (Lipinski definition) is 5. The monoisotopic (exact) mass is 336 g/mol. The van der Waals surface area contributed by atoms with Crippen LogP contribution >= 0.6 is 11.8 Å². The fourth-order valence-corrected chi connectivity index (χ4v) is 2.92. The minimum absolute atomic E-state index is 0.0768. The van der Waals surface area contributed by atoms with Crippen LogP contribution in [0.4, 0.5) is 4.39 Å². The molecule has 1 aromatic carbocycles. The highest BCUT2D eigenvalue weighted by Gasteiger charge is 2.16. The molecule has 1 aliphatic rings. The van der Waals surface area contributed by atoms with Crippen molar-refractivity contribution in [1.82, 2.24) is 10.3 Å². The lowest BCUT2D eigenvalue weighted by atomic mass is 10.2. The molecule has 5 nitrogen and oxygen atoms in total. The van der Waals surface area contributed by atoms with Gasteiger partial charge in [-0.15, -0.1) is 0 Å². The number of nitrogens with one attached hydrogen (secondary N) is 1. The Labute approximate surface area is 137 Å².